The van der Waals surface area contributed by atoms with Gasteiger partial charge >= 0.3 is 0 Å². The molecule has 2 aromatic carbocycles. The number of hydrogen-bond acceptors (Lipinski definition) is 6. The zero-order valence-electron chi connectivity index (χ0n) is 15.6. The Balaban J connectivity index is 1.69. The molecule has 2 N–H and O–H groups in total. The van der Waals surface area contributed by atoms with E-state index < -0.39 is 11.6 Å². The maximum Gasteiger partial charge on any atom is 0.258 e. The summed E-state index contributed by atoms with van der Waals surface area (Å²) in [5, 5.41) is 14.4. The smallest absolute Gasteiger partial charge is 0.258 e. The van der Waals surface area contributed by atoms with E-state index >= 15 is 0 Å². The Hall–Kier alpha value is -3.88. The Morgan fingerprint density at radius 3 is 2.72 bits per heavy atom. The molecule has 4 rings (SSSR count). The number of hydrogen-bond donors (Lipinski definition) is 2. The predicted molar refractivity (Wildman–Crippen MR) is 103 cm³/mol. The summed E-state index contributed by atoms with van der Waals surface area (Å²) in [6.45, 7) is 0. The minimum Gasteiger partial charge on any atom is -0.503 e. The molecule has 0 atom stereocenters. The van der Waals surface area contributed by atoms with Gasteiger partial charge in [0.15, 0.2) is 23.1 Å². The summed E-state index contributed by atoms with van der Waals surface area (Å²) in [5.74, 6) is 0.122. The zero-order valence-corrected chi connectivity index (χ0v) is 15.6. The Morgan fingerprint density at radius 2 is 1.97 bits per heavy atom. The predicted octanol–water partition coefficient (Wildman–Crippen LogP) is 2.56. The first-order chi connectivity index (χ1) is 14.0. The van der Waals surface area contributed by atoms with E-state index in [-0.39, 0.29) is 17.7 Å². The van der Waals surface area contributed by atoms with Crippen molar-refractivity contribution in [3.05, 3.63) is 70.3 Å². The van der Waals surface area contributed by atoms with Crippen LogP contribution in [-0.2, 0) is 6.42 Å². The van der Waals surface area contributed by atoms with Gasteiger partial charge in [-0.2, -0.15) is 5.10 Å². The maximum absolute atomic E-state index is 13.6. The van der Waals surface area contributed by atoms with E-state index in [4.69, 9.17) is 9.47 Å². The number of phenolic OH excluding ortho intramolecular Hbond substituents is 1. The van der Waals surface area contributed by atoms with E-state index in [9.17, 15) is 14.3 Å². The molecule has 0 aliphatic rings. The standard InChI is InChI=1S/C20H17FN4O4/c1-28-16-7-12-14(8-17(16)29-2)23-18(24-20(12)27)6-11-9-22-25(10-11)15-5-3-4-13(21)19(15)26/h3-5,7-10,26H,6H2,1-2H3,(H,23,24,27). The molecule has 0 saturated carbocycles. The number of nitrogens with zero attached hydrogens (tertiary/aromatic N) is 3. The number of benzene rings is 2. The minimum atomic E-state index is -0.732. The number of fused-ring (bicyclic) bond motifs is 1. The molecule has 9 heteroatoms. The van der Waals surface area contributed by atoms with Crippen LogP contribution in [0.25, 0.3) is 16.6 Å². The first-order valence-corrected chi connectivity index (χ1v) is 8.66. The van der Waals surface area contributed by atoms with Crippen LogP contribution in [0.15, 0.2) is 47.5 Å². The molecule has 0 fully saturated rings. The number of H-pyrrole nitrogens is 1. The van der Waals surface area contributed by atoms with E-state index in [0.29, 0.717) is 28.2 Å². The number of aromatic nitrogens is 4. The third kappa shape index (κ3) is 3.38. The van der Waals surface area contributed by atoms with Gasteiger partial charge in [-0.25, -0.2) is 14.1 Å². The molecule has 4 aromatic rings. The van der Waals surface area contributed by atoms with Crippen LogP contribution in [-0.4, -0.2) is 39.1 Å². The monoisotopic (exact) mass is 396 g/mol. The molecule has 0 aliphatic carbocycles. The minimum absolute atomic E-state index is 0.216. The Bertz CT molecular complexity index is 1270. The highest BCUT2D eigenvalue weighted by molar-refractivity contribution is 5.81. The van der Waals surface area contributed by atoms with Crippen LogP contribution in [0.2, 0.25) is 0 Å². The van der Waals surface area contributed by atoms with Crippen LogP contribution >= 0.6 is 0 Å². The lowest BCUT2D eigenvalue weighted by molar-refractivity contribution is 0.355. The average molecular weight is 396 g/mol. The molecule has 0 spiro atoms. The number of phenols is 1. The van der Waals surface area contributed by atoms with E-state index in [1.807, 2.05) is 0 Å². The molecule has 0 saturated heterocycles. The summed E-state index contributed by atoms with van der Waals surface area (Å²) in [7, 11) is 3.00. The van der Waals surface area contributed by atoms with Gasteiger partial charge in [0, 0.05) is 18.7 Å². The van der Waals surface area contributed by atoms with Crippen molar-refractivity contribution in [2.24, 2.45) is 0 Å². The summed E-state index contributed by atoms with van der Waals surface area (Å²) < 4.78 is 25.4. The molecule has 0 aliphatic heterocycles. The largest absolute Gasteiger partial charge is 0.503 e. The average Bonchev–Trinajstić information content (AvgIpc) is 3.17. The number of halogens is 1. The molecular weight excluding hydrogens is 379 g/mol. The fourth-order valence-corrected chi connectivity index (χ4v) is 3.06. The number of rotatable bonds is 5. The van der Waals surface area contributed by atoms with Gasteiger partial charge in [0.2, 0.25) is 0 Å². The molecule has 148 valence electrons. The molecule has 2 heterocycles. The third-order valence-electron chi connectivity index (χ3n) is 4.48. The first kappa shape index (κ1) is 18.5. The summed E-state index contributed by atoms with van der Waals surface area (Å²) in [4.78, 5) is 19.7. The molecule has 0 radical (unpaired) electrons. The van der Waals surface area contributed by atoms with Crippen molar-refractivity contribution in [1.29, 1.82) is 0 Å². The van der Waals surface area contributed by atoms with Gasteiger partial charge in [-0.05, 0) is 23.8 Å². The van der Waals surface area contributed by atoms with Crippen molar-refractivity contribution >= 4 is 10.9 Å². The highest BCUT2D eigenvalue weighted by Crippen LogP contribution is 2.30. The lowest BCUT2D eigenvalue weighted by Crippen LogP contribution is -2.12. The molecule has 0 bridgehead atoms. The quantitative estimate of drug-likeness (QED) is 0.538. The van der Waals surface area contributed by atoms with Crippen molar-refractivity contribution in [3.63, 3.8) is 0 Å². The summed E-state index contributed by atoms with van der Waals surface area (Å²) in [6.07, 6.45) is 3.48. The fraction of sp³-hybridized carbons (Fsp3) is 0.150. The van der Waals surface area contributed by atoms with Crippen molar-refractivity contribution in [2.45, 2.75) is 6.42 Å². The topological polar surface area (TPSA) is 102 Å². The van der Waals surface area contributed by atoms with Gasteiger partial charge in [-0.1, -0.05) is 6.07 Å². The fourth-order valence-electron chi connectivity index (χ4n) is 3.06. The van der Waals surface area contributed by atoms with Gasteiger partial charge in [-0.15, -0.1) is 0 Å². The van der Waals surface area contributed by atoms with Gasteiger partial charge in [0.05, 0.1) is 31.3 Å². The second-order valence-corrected chi connectivity index (χ2v) is 6.31. The van der Waals surface area contributed by atoms with Crippen LogP contribution in [0.4, 0.5) is 4.39 Å². The van der Waals surface area contributed by atoms with Crippen molar-refractivity contribution in [3.8, 4) is 22.9 Å². The lowest BCUT2D eigenvalue weighted by Gasteiger charge is -2.09. The molecule has 0 amide bonds. The number of aromatic amines is 1. The highest BCUT2D eigenvalue weighted by atomic mass is 19.1. The molecule has 0 unspecified atom stereocenters. The van der Waals surface area contributed by atoms with Crippen LogP contribution in [0.1, 0.15) is 11.4 Å². The van der Waals surface area contributed by atoms with Gasteiger partial charge in [0.25, 0.3) is 5.56 Å². The molecule has 8 nitrogen and oxygen atoms in total. The summed E-state index contributed by atoms with van der Waals surface area (Å²) in [6, 6.07) is 7.41. The number of para-hydroxylation sites is 1. The maximum atomic E-state index is 13.6. The Kier molecular flexibility index (Phi) is 4.63. The van der Waals surface area contributed by atoms with Gasteiger partial charge < -0.3 is 19.6 Å². The van der Waals surface area contributed by atoms with Crippen LogP contribution in [0.3, 0.4) is 0 Å². The molecule has 2 aromatic heterocycles. The molecule has 29 heavy (non-hydrogen) atoms. The van der Waals surface area contributed by atoms with Gasteiger partial charge in [0.1, 0.15) is 11.5 Å². The number of ether oxygens (including phenoxy) is 2. The Morgan fingerprint density at radius 1 is 1.21 bits per heavy atom. The van der Waals surface area contributed by atoms with Crippen molar-refractivity contribution in [2.75, 3.05) is 14.2 Å². The van der Waals surface area contributed by atoms with Gasteiger partial charge in [-0.3, -0.25) is 4.79 Å². The number of aromatic hydroxyl groups is 1. The Labute approximate surface area is 164 Å². The summed E-state index contributed by atoms with van der Waals surface area (Å²) >= 11 is 0. The van der Waals surface area contributed by atoms with E-state index in [1.165, 1.54) is 25.0 Å². The highest BCUT2D eigenvalue weighted by Gasteiger charge is 2.13. The molecular formula is C20H17FN4O4. The third-order valence-corrected chi connectivity index (χ3v) is 4.48. The number of nitrogens with one attached hydrogen (secondary N) is 1. The van der Waals surface area contributed by atoms with Crippen LogP contribution in [0, 0.1) is 5.82 Å². The van der Waals surface area contributed by atoms with Crippen molar-refractivity contribution in [1.82, 2.24) is 19.7 Å². The second kappa shape index (κ2) is 7.27. The van der Waals surface area contributed by atoms with Crippen LogP contribution in [0.5, 0.6) is 17.2 Å². The van der Waals surface area contributed by atoms with Crippen LogP contribution < -0.4 is 15.0 Å². The lowest BCUT2D eigenvalue weighted by atomic mass is 10.2. The van der Waals surface area contributed by atoms with Crippen molar-refractivity contribution < 1.29 is 19.0 Å². The zero-order chi connectivity index (χ0) is 20.5. The second-order valence-electron chi connectivity index (χ2n) is 6.31. The van der Waals surface area contributed by atoms with E-state index in [2.05, 4.69) is 15.1 Å². The number of methoxy groups -OCH3 is 2. The first-order valence-electron chi connectivity index (χ1n) is 8.66. The van der Waals surface area contributed by atoms with E-state index in [1.54, 1.807) is 30.6 Å². The summed E-state index contributed by atoms with van der Waals surface area (Å²) in [5.41, 5.74) is 1.10. The normalized spacial score (nSPS) is 11.0. The SMILES string of the molecule is COc1cc2nc(Cc3cnn(-c4cccc(F)c4O)c3)[nH]c(=O)c2cc1OC. The van der Waals surface area contributed by atoms with E-state index in [0.717, 1.165) is 11.6 Å².